The molecule has 0 saturated heterocycles. The van der Waals surface area contributed by atoms with Gasteiger partial charge < -0.3 is 15.4 Å². The number of alkyl halides is 3. The third-order valence-corrected chi connectivity index (χ3v) is 2.17. The van der Waals surface area contributed by atoms with Crippen molar-refractivity contribution in [2.75, 3.05) is 27.2 Å². The lowest BCUT2D eigenvalue weighted by molar-refractivity contribution is -0.139. The van der Waals surface area contributed by atoms with Gasteiger partial charge in [-0.25, -0.2) is 4.98 Å². The molecule has 0 fully saturated rings. The summed E-state index contributed by atoms with van der Waals surface area (Å²) in [5.41, 5.74) is -0.881. The van der Waals surface area contributed by atoms with E-state index in [0.717, 1.165) is 6.07 Å². The highest BCUT2D eigenvalue weighted by Gasteiger charge is 2.34. The fraction of sp³-hybridized carbons (Fsp3) is 0.455. The van der Waals surface area contributed by atoms with Gasteiger partial charge >= 0.3 is 6.18 Å². The van der Waals surface area contributed by atoms with E-state index in [9.17, 15) is 13.2 Å². The number of ether oxygens (including phenoxy) is 1. The highest BCUT2D eigenvalue weighted by molar-refractivity contribution is 5.79. The summed E-state index contributed by atoms with van der Waals surface area (Å²) in [6.07, 6.45) is -3.22. The number of hydrogen-bond acceptors (Lipinski definition) is 3. The lowest BCUT2D eigenvalue weighted by Crippen LogP contribution is -2.37. The number of aliphatic imine (C=N–C) groups is 1. The van der Waals surface area contributed by atoms with Crippen LogP contribution in [0.25, 0.3) is 0 Å². The molecular weight excluding hydrogens is 261 g/mol. The van der Waals surface area contributed by atoms with Gasteiger partial charge in [-0.05, 0) is 12.1 Å². The Kier molecular flexibility index (Phi) is 5.40. The predicted molar refractivity (Wildman–Crippen MR) is 65.2 cm³/mol. The van der Waals surface area contributed by atoms with E-state index in [-0.39, 0.29) is 6.61 Å². The minimum atomic E-state index is -4.47. The van der Waals surface area contributed by atoms with Crippen LogP contribution in [0.4, 0.5) is 13.2 Å². The zero-order chi connectivity index (χ0) is 14.3. The average molecular weight is 276 g/mol. The first-order chi connectivity index (χ1) is 8.99. The summed E-state index contributed by atoms with van der Waals surface area (Å²) in [7, 11) is 3.26. The van der Waals surface area contributed by atoms with Crippen molar-refractivity contribution in [3.05, 3.63) is 23.9 Å². The Labute approximate surface area is 108 Å². The van der Waals surface area contributed by atoms with Crippen LogP contribution in [-0.4, -0.2) is 38.2 Å². The minimum Gasteiger partial charge on any atom is -0.475 e. The second-order valence-electron chi connectivity index (χ2n) is 3.45. The first kappa shape index (κ1) is 15.1. The van der Waals surface area contributed by atoms with Crippen LogP contribution in [0.2, 0.25) is 0 Å². The molecule has 0 unspecified atom stereocenters. The molecule has 0 aliphatic rings. The van der Waals surface area contributed by atoms with E-state index >= 15 is 0 Å². The molecule has 1 aromatic rings. The van der Waals surface area contributed by atoms with Crippen molar-refractivity contribution in [2.45, 2.75) is 6.18 Å². The van der Waals surface area contributed by atoms with Crippen LogP contribution in [0.1, 0.15) is 5.56 Å². The molecule has 5 nitrogen and oxygen atoms in total. The van der Waals surface area contributed by atoms with E-state index in [1.807, 2.05) is 0 Å². The van der Waals surface area contributed by atoms with Gasteiger partial charge in [0.05, 0.1) is 6.54 Å². The summed E-state index contributed by atoms with van der Waals surface area (Å²) < 4.78 is 42.9. The SMILES string of the molecule is CN=C(NC)NCCOc1ncccc1C(F)(F)F. The molecule has 2 N–H and O–H groups in total. The minimum absolute atomic E-state index is 0.0425. The Morgan fingerprint density at radius 1 is 1.47 bits per heavy atom. The van der Waals surface area contributed by atoms with Crippen molar-refractivity contribution < 1.29 is 17.9 Å². The summed E-state index contributed by atoms with van der Waals surface area (Å²) in [6.45, 7) is 0.349. The van der Waals surface area contributed by atoms with Crippen LogP contribution in [-0.2, 0) is 6.18 Å². The number of nitrogens with zero attached hydrogens (tertiary/aromatic N) is 2. The molecular formula is C11H15F3N4O. The molecule has 1 rings (SSSR count). The first-order valence-corrected chi connectivity index (χ1v) is 5.52. The highest BCUT2D eigenvalue weighted by Crippen LogP contribution is 2.34. The number of pyridine rings is 1. The van der Waals surface area contributed by atoms with Crippen molar-refractivity contribution in [1.29, 1.82) is 0 Å². The Balaban J connectivity index is 2.55. The van der Waals surface area contributed by atoms with Crippen molar-refractivity contribution >= 4 is 5.96 Å². The number of nitrogens with one attached hydrogen (secondary N) is 2. The molecule has 1 heterocycles. The van der Waals surface area contributed by atoms with Gasteiger partial charge in [0.1, 0.15) is 12.2 Å². The summed E-state index contributed by atoms with van der Waals surface area (Å²) in [4.78, 5) is 7.44. The van der Waals surface area contributed by atoms with Crippen molar-refractivity contribution in [2.24, 2.45) is 4.99 Å². The van der Waals surface area contributed by atoms with Crippen molar-refractivity contribution in [3.63, 3.8) is 0 Å². The average Bonchev–Trinajstić information content (AvgIpc) is 2.38. The van der Waals surface area contributed by atoms with E-state index in [4.69, 9.17) is 4.74 Å². The highest BCUT2D eigenvalue weighted by atomic mass is 19.4. The lowest BCUT2D eigenvalue weighted by Gasteiger charge is -2.13. The molecule has 0 amide bonds. The standard InChI is InChI=1S/C11H15F3N4O/c1-15-10(16-2)18-6-7-19-9-8(11(12,13)14)4-3-5-17-9/h3-5H,6-7H2,1-2H3,(H2,15,16,18). The summed E-state index contributed by atoms with van der Waals surface area (Å²) in [5, 5.41) is 5.63. The second-order valence-corrected chi connectivity index (χ2v) is 3.45. The molecule has 0 radical (unpaired) electrons. The smallest absolute Gasteiger partial charge is 0.421 e. The van der Waals surface area contributed by atoms with Gasteiger partial charge in [0, 0.05) is 20.3 Å². The Morgan fingerprint density at radius 3 is 2.79 bits per heavy atom. The number of rotatable bonds is 4. The van der Waals surface area contributed by atoms with Gasteiger partial charge in [-0.2, -0.15) is 13.2 Å². The van der Waals surface area contributed by atoms with Crippen LogP contribution in [0.15, 0.2) is 23.3 Å². The molecule has 0 saturated carbocycles. The predicted octanol–water partition coefficient (Wildman–Crippen LogP) is 1.27. The van der Waals surface area contributed by atoms with Gasteiger partial charge in [-0.3, -0.25) is 4.99 Å². The molecule has 0 aliphatic carbocycles. The van der Waals surface area contributed by atoms with Crippen molar-refractivity contribution in [3.8, 4) is 5.88 Å². The molecule has 106 valence electrons. The fourth-order valence-corrected chi connectivity index (χ4v) is 1.32. The maximum Gasteiger partial charge on any atom is 0.421 e. The fourth-order valence-electron chi connectivity index (χ4n) is 1.32. The Bertz CT molecular complexity index is 434. The van der Waals surface area contributed by atoms with Gasteiger partial charge in [0.25, 0.3) is 0 Å². The molecule has 0 aliphatic heterocycles. The van der Waals surface area contributed by atoms with Gasteiger partial charge in [0.15, 0.2) is 5.96 Å². The molecule has 0 atom stereocenters. The Morgan fingerprint density at radius 2 is 2.21 bits per heavy atom. The zero-order valence-corrected chi connectivity index (χ0v) is 10.6. The van der Waals surface area contributed by atoms with Crippen LogP contribution in [0.5, 0.6) is 5.88 Å². The van der Waals surface area contributed by atoms with E-state index in [0.29, 0.717) is 12.5 Å². The van der Waals surface area contributed by atoms with E-state index in [2.05, 4.69) is 20.6 Å². The Hall–Kier alpha value is -1.99. The van der Waals surface area contributed by atoms with E-state index in [1.54, 1.807) is 14.1 Å². The van der Waals surface area contributed by atoms with E-state index < -0.39 is 17.6 Å². The largest absolute Gasteiger partial charge is 0.475 e. The van der Waals surface area contributed by atoms with Gasteiger partial charge in [-0.15, -0.1) is 0 Å². The molecule has 8 heteroatoms. The van der Waals surface area contributed by atoms with Crippen LogP contribution in [0, 0.1) is 0 Å². The molecule has 0 spiro atoms. The number of guanidine groups is 1. The van der Waals surface area contributed by atoms with E-state index in [1.165, 1.54) is 12.3 Å². The monoisotopic (exact) mass is 276 g/mol. The van der Waals surface area contributed by atoms with Crippen molar-refractivity contribution in [1.82, 2.24) is 15.6 Å². The number of hydrogen-bond donors (Lipinski definition) is 2. The zero-order valence-electron chi connectivity index (χ0n) is 10.6. The topological polar surface area (TPSA) is 58.5 Å². The summed E-state index contributed by atoms with van der Waals surface area (Å²) in [5.74, 6) is 0.108. The third kappa shape index (κ3) is 4.65. The van der Waals surface area contributed by atoms with Crippen LogP contribution < -0.4 is 15.4 Å². The normalized spacial score (nSPS) is 12.2. The third-order valence-electron chi connectivity index (χ3n) is 2.17. The number of aromatic nitrogens is 1. The summed E-state index contributed by atoms with van der Waals surface area (Å²) in [6, 6.07) is 2.15. The molecule has 19 heavy (non-hydrogen) atoms. The first-order valence-electron chi connectivity index (χ1n) is 5.52. The lowest BCUT2D eigenvalue weighted by atomic mass is 10.2. The van der Waals surface area contributed by atoms with Gasteiger partial charge in [0.2, 0.25) is 5.88 Å². The number of halogens is 3. The quantitative estimate of drug-likeness (QED) is 0.494. The molecule has 1 aromatic heterocycles. The maximum atomic E-state index is 12.6. The molecule has 0 bridgehead atoms. The maximum absolute atomic E-state index is 12.6. The molecule has 0 aromatic carbocycles. The van der Waals surface area contributed by atoms with Crippen LogP contribution >= 0.6 is 0 Å². The van der Waals surface area contributed by atoms with Gasteiger partial charge in [-0.1, -0.05) is 0 Å². The summed E-state index contributed by atoms with van der Waals surface area (Å²) >= 11 is 0. The van der Waals surface area contributed by atoms with Crippen LogP contribution in [0.3, 0.4) is 0 Å². The second kappa shape index (κ2) is 6.81.